The van der Waals surface area contributed by atoms with Crippen LogP contribution in [0.15, 0.2) is 58.2 Å². The third-order valence-corrected chi connectivity index (χ3v) is 5.75. The number of hydrogen-bond acceptors (Lipinski definition) is 6. The zero-order valence-electron chi connectivity index (χ0n) is 16.6. The van der Waals surface area contributed by atoms with Crippen LogP contribution in [0.1, 0.15) is 35.9 Å². The van der Waals surface area contributed by atoms with E-state index >= 15 is 0 Å². The van der Waals surface area contributed by atoms with Gasteiger partial charge in [0, 0.05) is 21.4 Å². The summed E-state index contributed by atoms with van der Waals surface area (Å²) in [7, 11) is 1.23. The molecule has 1 heterocycles. The first-order valence-electron chi connectivity index (χ1n) is 9.17. The number of nitrogens with one attached hydrogen (secondary N) is 1. The number of alkyl halides is 3. The van der Waals surface area contributed by atoms with E-state index in [1.54, 1.807) is 17.9 Å². The molecular formula is C21H20BrF3N2O4. The molecule has 0 amide bonds. The van der Waals surface area contributed by atoms with Crippen LogP contribution < -0.4 is 10.2 Å². The van der Waals surface area contributed by atoms with Gasteiger partial charge >= 0.3 is 12.1 Å². The molecule has 0 saturated heterocycles. The second-order valence-corrected chi connectivity index (χ2v) is 7.77. The SMILES string of the molecule is COC(=O)C1=C(C)N(c2cccc(C(F)(F)F)c2)CNC1c1ccc(C(O)O)cc1Br. The summed E-state index contributed by atoms with van der Waals surface area (Å²) < 4.78 is 44.9. The molecule has 10 heteroatoms. The molecule has 0 spiro atoms. The Balaban J connectivity index is 2.07. The summed E-state index contributed by atoms with van der Waals surface area (Å²) in [5.41, 5.74) is 1.04. The number of benzene rings is 2. The van der Waals surface area contributed by atoms with Crippen LogP contribution in [0.2, 0.25) is 0 Å². The lowest BCUT2D eigenvalue weighted by Crippen LogP contribution is -2.44. The van der Waals surface area contributed by atoms with Crippen LogP contribution in [0.4, 0.5) is 18.9 Å². The van der Waals surface area contributed by atoms with Gasteiger partial charge in [-0.05, 0) is 36.8 Å². The number of allylic oxidation sites excluding steroid dienone is 1. The van der Waals surface area contributed by atoms with Gasteiger partial charge in [0.05, 0.1) is 31.0 Å². The number of ether oxygens (including phenoxy) is 1. The average Bonchev–Trinajstić information content (AvgIpc) is 2.72. The molecule has 1 unspecified atom stereocenters. The van der Waals surface area contributed by atoms with Crippen molar-refractivity contribution in [2.24, 2.45) is 0 Å². The average molecular weight is 501 g/mol. The monoisotopic (exact) mass is 500 g/mol. The van der Waals surface area contributed by atoms with Gasteiger partial charge in [-0.1, -0.05) is 34.1 Å². The van der Waals surface area contributed by atoms with Gasteiger partial charge in [0.2, 0.25) is 0 Å². The smallest absolute Gasteiger partial charge is 0.416 e. The topological polar surface area (TPSA) is 82.0 Å². The van der Waals surface area contributed by atoms with E-state index in [1.165, 1.54) is 31.4 Å². The van der Waals surface area contributed by atoms with Crippen molar-refractivity contribution in [3.05, 3.63) is 74.9 Å². The van der Waals surface area contributed by atoms with Crippen LogP contribution in [0.5, 0.6) is 0 Å². The molecule has 0 aromatic heterocycles. The van der Waals surface area contributed by atoms with E-state index in [9.17, 15) is 28.2 Å². The molecule has 2 aromatic carbocycles. The largest absolute Gasteiger partial charge is 0.466 e. The fourth-order valence-corrected chi connectivity index (χ4v) is 4.10. The minimum absolute atomic E-state index is 0.134. The van der Waals surface area contributed by atoms with Crippen LogP contribution in [-0.4, -0.2) is 30.0 Å². The van der Waals surface area contributed by atoms with E-state index in [2.05, 4.69) is 21.2 Å². The molecule has 1 atom stereocenters. The molecule has 0 radical (unpaired) electrons. The van der Waals surface area contributed by atoms with Crippen LogP contribution >= 0.6 is 15.9 Å². The van der Waals surface area contributed by atoms with Crippen molar-refractivity contribution in [3.8, 4) is 0 Å². The number of carbonyl (C=O) groups is 1. The highest BCUT2D eigenvalue weighted by Crippen LogP contribution is 2.38. The van der Waals surface area contributed by atoms with E-state index in [1.807, 2.05) is 0 Å². The third-order valence-electron chi connectivity index (χ3n) is 5.06. The number of aliphatic hydroxyl groups excluding tert-OH is 1. The number of carbonyl (C=O) groups excluding carboxylic acids is 1. The highest BCUT2D eigenvalue weighted by atomic mass is 79.9. The third kappa shape index (κ3) is 4.77. The number of halogens is 4. The van der Waals surface area contributed by atoms with Crippen molar-refractivity contribution in [1.82, 2.24) is 5.32 Å². The molecule has 2 aromatic rings. The van der Waals surface area contributed by atoms with Crippen molar-refractivity contribution in [3.63, 3.8) is 0 Å². The van der Waals surface area contributed by atoms with Crippen molar-refractivity contribution >= 4 is 27.6 Å². The Labute approximate surface area is 185 Å². The summed E-state index contributed by atoms with van der Waals surface area (Å²) in [6.45, 7) is 1.77. The Morgan fingerprint density at radius 2 is 1.97 bits per heavy atom. The summed E-state index contributed by atoms with van der Waals surface area (Å²) >= 11 is 3.39. The highest BCUT2D eigenvalue weighted by Gasteiger charge is 2.35. The zero-order chi connectivity index (χ0) is 22.9. The molecule has 31 heavy (non-hydrogen) atoms. The lowest BCUT2D eigenvalue weighted by molar-refractivity contribution is -0.138. The van der Waals surface area contributed by atoms with E-state index in [0.29, 0.717) is 15.7 Å². The number of anilines is 1. The van der Waals surface area contributed by atoms with Crippen LogP contribution in [0.25, 0.3) is 0 Å². The van der Waals surface area contributed by atoms with E-state index in [0.717, 1.165) is 12.1 Å². The molecule has 1 aliphatic heterocycles. The molecule has 3 N–H and O–H groups in total. The first kappa shape index (κ1) is 23.3. The Bertz CT molecular complexity index is 1020. The predicted octanol–water partition coefficient (Wildman–Crippen LogP) is 4.01. The molecule has 3 rings (SSSR count). The number of nitrogens with zero attached hydrogens (tertiary/aromatic N) is 1. The fourth-order valence-electron chi connectivity index (χ4n) is 3.47. The van der Waals surface area contributed by atoms with Crippen molar-refractivity contribution in [2.75, 3.05) is 18.7 Å². The van der Waals surface area contributed by atoms with Gasteiger partial charge in [0.15, 0.2) is 6.29 Å². The molecule has 0 bridgehead atoms. The number of hydrogen-bond donors (Lipinski definition) is 3. The molecule has 0 saturated carbocycles. The van der Waals surface area contributed by atoms with Gasteiger partial charge < -0.3 is 19.8 Å². The maximum absolute atomic E-state index is 13.1. The van der Waals surface area contributed by atoms with E-state index < -0.39 is 30.0 Å². The van der Waals surface area contributed by atoms with Crippen LogP contribution in [0.3, 0.4) is 0 Å². The van der Waals surface area contributed by atoms with Crippen molar-refractivity contribution in [2.45, 2.75) is 25.4 Å². The van der Waals surface area contributed by atoms with E-state index in [4.69, 9.17) is 4.74 Å². The lowest BCUT2D eigenvalue weighted by Gasteiger charge is -2.37. The maximum atomic E-state index is 13.1. The summed E-state index contributed by atoms with van der Waals surface area (Å²) in [5, 5.41) is 21.9. The fraction of sp³-hybridized carbons (Fsp3) is 0.286. The van der Waals surface area contributed by atoms with Gasteiger partial charge in [0.1, 0.15) is 0 Å². The molecule has 0 fully saturated rings. The Morgan fingerprint density at radius 3 is 2.55 bits per heavy atom. The van der Waals surface area contributed by atoms with Gasteiger partial charge in [-0.2, -0.15) is 13.2 Å². The standard InChI is InChI=1S/C21H20BrF3N2O4/c1-11-17(20(30)31-2)18(15-7-6-12(19(28)29)8-16(15)22)26-10-27(11)14-5-3-4-13(9-14)21(23,24)25/h3-9,18-19,26,28-29H,10H2,1-2H3. The Hall–Kier alpha value is -2.40. The summed E-state index contributed by atoms with van der Waals surface area (Å²) in [6.07, 6.45) is -6.15. The first-order chi connectivity index (χ1) is 14.5. The quantitative estimate of drug-likeness (QED) is 0.434. The zero-order valence-corrected chi connectivity index (χ0v) is 18.2. The van der Waals surface area contributed by atoms with Gasteiger partial charge in [0.25, 0.3) is 0 Å². The van der Waals surface area contributed by atoms with Crippen LogP contribution in [0, 0.1) is 0 Å². The van der Waals surface area contributed by atoms with Gasteiger partial charge in [-0.3, -0.25) is 5.32 Å². The molecule has 1 aliphatic rings. The second-order valence-electron chi connectivity index (χ2n) is 6.92. The highest BCUT2D eigenvalue weighted by molar-refractivity contribution is 9.10. The van der Waals surface area contributed by atoms with Gasteiger partial charge in [-0.15, -0.1) is 0 Å². The summed E-state index contributed by atoms with van der Waals surface area (Å²) in [6, 6.07) is 8.88. The minimum atomic E-state index is -4.49. The first-order valence-corrected chi connectivity index (χ1v) is 9.96. The Morgan fingerprint density at radius 1 is 1.26 bits per heavy atom. The summed E-state index contributed by atoms with van der Waals surface area (Å²) in [4.78, 5) is 14.2. The lowest BCUT2D eigenvalue weighted by atomic mass is 9.94. The minimum Gasteiger partial charge on any atom is -0.466 e. The predicted molar refractivity (Wildman–Crippen MR) is 111 cm³/mol. The number of methoxy groups -OCH3 is 1. The number of esters is 1. The molecular weight excluding hydrogens is 481 g/mol. The van der Waals surface area contributed by atoms with Crippen molar-refractivity contribution < 1.29 is 32.9 Å². The van der Waals surface area contributed by atoms with E-state index in [-0.39, 0.29) is 23.5 Å². The number of aliphatic hydroxyl groups is 2. The van der Waals surface area contributed by atoms with Crippen molar-refractivity contribution in [1.29, 1.82) is 0 Å². The number of rotatable bonds is 4. The maximum Gasteiger partial charge on any atom is 0.416 e. The summed E-state index contributed by atoms with van der Waals surface area (Å²) in [5.74, 6) is -0.634. The van der Waals surface area contributed by atoms with Crippen LogP contribution in [-0.2, 0) is 15.7 Å². The van der Waals surface area contributed by atoms with Gasteiger partial charge in [-0.25, -0.2) is 4.79 Å². The normalized spacial score (nSPS) is 17.3. The molecule has 6 nitrogen and oxygen atoms in total. The Kier molecular flexibility index (Phi) is 6.75. The second kappa shape index (κ2) is 8.99. The molecule has 166 valence electrons. The molecule has 0 aliphatic carbocycles.